The van der Waals surface area contributed by atoms with Gasteiger partial charge in [0.1, 0.15) is 5.69 Å². The fourth-order valence-corrected chi connectivity index (χ4v) is 6.91. The van der Waals surface area contributed by atoms with Crippen LogP contribution in [0.3, 0.4) is 0 Å². The first-order valence-electron chi connectivity index (χ1n) is 13.1. The minimum absolute atomic E-state index is 0.519. The zero-order chi connectivity index (χ0) is 22.0. The van der Waals surface area contributed by atoms with Gasteiger partial charge in [-0.3, -0.25) is 4.90 Å². The van der Waals surface area contributed by atoms with E-state index in [1.54, 1.807) is 11.3 Å². The van der Waals surface area contributed by atoms with Crippen LogP contribution in [0.5, 0.6) is 0 Å². The lowest BCUT2D eigenvalue weighted by Gasteiger charge is -2.40. The van der Waals surface area contributed by atoms with E-state index in [1.807, 2.05) is 0 Å². The molecule has 0 amide bonds. The molecule has 176 valence electrons. The van der Waals surface area contributed by atoms with Crippen LogP contribution in [0.2, 0.25) is 0 Å². The van der Waals surface area contributed by atoms with E-state index in [2.05, 4.69) is 50.0 Å². The number of rotatable bonds is 5. The average Bonchev–Trinajstić information content (AvgIpc) is 3.45. The minimum atomic E-state index is 0.519. The largest absolute Gasteiger partial charge is 0.365 e. The summed E-state index contributed by atoms with van der Waals surface area (Å²) in [5.74, 6) is 1.08. The number of benzene rings is 1. The van der Waals surface area contributed by atoms with Crippen molar-refractivity contribution in [3.8, 4) is 11.3 Å². The Hall–Kier alpha value is -2.12. The lowest BCUT2D eigenvalue weighted by Crippen LogP contribution is -2.50. The number of nitrogens with one attached hydrogen (secondary N) is 1. The van der Waals surface area contributed by atoms with Gasteiger partial charge in [-0.2, -0.15) is 4.52 Å². The van der Waals surface area contributed by atoms with Gasteiger partial charge in [-0.15, -0.1) is 5.10 Å². The predicted octanol–water partition coefficient (Wildman–Crippen LogP) is 5.66. The van der Waals surface area contributed by atoms with Gasteiger partial charge in [0.05, 0.1) is 0 Å². The number of piperazine rings is 1. The van der Waals surface area contributed by atoms with Crippen LogP contribution < -0.4 is 10.2 Å². The third-order valence-electron chi connectivity index (χ3n) is 7.86. The van der Waals surface area contributed by atoms with Gasteiger partial charge in [0, 0.05) is 43.8 Å². The third kappa shape index (κ3) is 4.50. The molecule has 1 aliphatic heterocycles. The van der Waals surface area contributed by atoms with E-state index < -0.39 is 0 Å². The number of fused-ring (bicyclic) bond motifs is 1. The fraction of sp³-hybridized carbons (Fsp3) is 0.615. The third-order valence-corrected chi connectivity index (χ3v) is 8.83. The molecule has 3 heterocycles. The Bertz CT molecular complexity index is 1040. The first-order chi connectivity index (χ1) is 16.3. The van der Waals surface area contributed by atoms with E-state index in [-0.39, 0.29) is 0 Å². The van der Waals surface area contributed by atoms with Gasteiger partial charge in [-0.1, -0.05) is 80.2 Å². The van der Waals surface area contributed by atoms with Gasteiger partial charge in [0.25, 0.3) is 0 Å². The minimum Gasteiger partial charge on any atom is -0.365 e. The zero-order valence-electron chi connectivity index (χ0n) is 19.6. The highest BCUT2D eigenvalue weighted by molar-refractivity contribution is 7.20. The molecule has 2 saturated carbocycles. The van der Waals surface area contributed by atoms with Crippen molar-refractivity contribution in [3.05, 3.63) is 30.3 Å². The maximum atomic E-state index is 5.10. The molecule has 1 aromatic carbocycles. The molecular weight excluding hydrogens is 428 g/mol. The fourth-order valence-electron chi connectivity index (χ4n) is 5.96. The van der Waals surface area contributed by atoms with Crippen molar-refractivity contribution in [1.29, 1.82) is 0 Å². The van der Waals surface area contributed by atoms with Crippen molar-refractivity contribution in [1.82, 2.24) is 19.5 Å². The Balaban J connectivity index is 1.24. The lowest BCUT2D eigenvalue weighted by molar-refractivity contribution is 0.148. The zero-order valence-corrected chi connectivity index (χ0v) is 20.4. The van der Waals surface area contributed by atoms with Crippen LogP contribution in [0.15, 0.2) is 30.3 Å². The molecule has 33 heavy (non-hydrogen) atoms. The van der Waals surface area contributed by atoms with E-state index in [4.69, 9.17) is 10.1 Å². The summed E-state index contributed by atoms with van der Waals surface area (Å²) in [6.45, 7) is 4.47. The molecule has 0 atom stereocenters. The number of aromatic nitrogens is 3. The van der Waals surface area contributed by atoms with Crippen LogP contribution in [-0.2, 0) is 0 Å². The highest BCUT2D eigenvalue weighted by Crippen LogP contribution is 2.35. The van der Waals surface area contributed by atoms with Crippen LogP contribution in [0.4, 0.5) is 10.9 Å². The van der Waals surface area contributed by atoms with E-state index in [0.29, 0.717) is 6.04 Å². The van der Waals surface area contributed by atoms with Crippen molar-refractivity contribution in [2.75, 3.05) is 36.4 Å². The van der Waals surface area contributed by atoms with Crippen molar-refractivity contribution >= 4 is 27.2 Å². The lowest BCUT2D eigenvalue weighted by atomic mass is 9.94. The van der Waals surface area contributed by atoms with Crippen LogP contribution >= 0.6 is 11.3 Å². The van der Waals surface area contributed by atoms with Gasteiger partial charge < -0.3 is 10.2 Å². The number of anilines is 2. The maximum Gasteiger partial charge on any atom is 0.216 e. The van der Waals surface area contributed by atoms with Crippen LogP contribution in [0.25, 0.3) is 16.2 Å². The molecule has 1 saturated heterocycles. The molecule has 0 bridgehead atoms. The Kier molecular flexibility index (Phi) is 6.25. The summed E-state index contributed by atoms with van der Waals surface area (Å²) in [5, 5.41) is 10.1. The van der Waals surface area contributed by atoms with E-state index in [1.165, 1.54) is 64.2 Å². The molecular formula is C26H36N6S. The monoisotopic (exact) mass is 464 g/mol. The van der Waals surface area contributed by atoms with Crippen molar-refractivity contribution in [3.63, 3.8) is 0 Å². The van der Waals surface area contributed by atoms with Crippen LogP contribution in [-0.4, -0.2) is 57.8 Å². The topological polar surface area (TPSA) is 48.7 Å². The first kappa shape index (κ1) is 21.4. The molecule has 3 aliphatic rings. The molecule has 7 heteroatoms. The molecule has 0 radical (unpaired) electrons. The maximum absolute atomic E-state index is 5.10. The quantitative estimate of drug-likeness (QED) is 0.528. The van der Waals surface area contributed by atoms with E-state index >= 15 is 0 Å². The Labute approximate surface area is 201 Å². The smallest absolute Gasteiger partial charge is 0.216 e. The number of hydrogen-bond acceptors (Lipinski definition) is 6. The summed E-state index contributed by atoms with van der Waals surface area (Å²) >= 11 is 1.74. The average molecular weight is 465 g/mol. The molecule has 3 fully saturated rings. The SMILES string of the molecule is c1ccc(-c2nc3sc(N4CCN(C5CCCCC5)CC4)nn3c2NC2CCCCC2)cc1. The Morgan fingerprint density at radius 3 is 2.24 bits per heavy atom. The van der Waals surface area contributed by atoms with Gasteiger partial charge in [-0.25, -0.2) is 4.98 Å². The Morgan fingerprint density at radius 1 is 0.818 bits per heavy atom. The van der Waals surface area contributed by atoms with Crippen LogP contribution in [0.1, 0.15) is 64.2 Å². The number of imidazole rings is 1. The van der Waals surface area contributed by atoms with Gasteiger partial charge >= 0.3 is 0 Å². The van der Waals surface area contributed by atoms with Gasteiger partial charge in [0.2, 0.25) is 10.1 Å². The van der Waals surface area contributed by atoms with Gasteiger partial charge in [-0.05, 0) is 25.7 Å². The van der Waals surface area contributed by atoms with E-state index in [0.717, 1.165) is 59.4 Å². The summed E-state index contributed by atoms with van der Waals surface area (Å²) in [5.41, 5.74) is 2.20. The predicted molar refractivity (Wildman–Crippen MR) is 137 cm³/mol. The number of nitrogens with zero attached hydrogens (tertiary/aromatic N) is 5. The Morgan fingerprint density at radius 2 is 1.52 bits per heavy atom. The highest BCUT2D eigenvalue weighted by atomic mass is 32.1. The molecule has 2 aromatic heterocycles. The standard InChI is InChI=1S/C26H36N6S/c1-4-10-20(11-5-1)23-24(27-21-12-6-2-7-13-21)32-25(28-23)33-26(29-32)31-18-16-30(17-19-31)22-14-8-3-9-15-22/h1,4-5,10-11,21-22,27H,2-3,6-9,12-19H2. The summed E-state index contributed by atoms with van der Waals surface area (Å²) in [4.78, 5) is 11.3. The van der Waals surface area contributed by atoms with Gasteiger partial charge in [0.15, 0.2) is 5.82 Å². The second kappa shape index (κ2) is 9.63. The van der Waals surface area contributed by atoms with Crippen molar-refractivity contribution < 1.29 is 0 Å². The second-order valence-corrected chi connectivity index (χ2v) is 11.0. The van der Waals surface area contributed by atoms with E-state index in [9.17, 15) is 0 Å². The molecule has 0 unspecified atom stereocenters. The van der Waals surface area contributed by atoms with Crippen molar-refractivity contribution in [2.24, 2.45) is 0 Å². The summed E-state index contributed by atoms with van der Waals surface area (Å²) in [7, 11) is 0. The molecule has 3 aromatic rings. The molecule has 2 aliphatic carbocycles. The number of hydrogen-bond donors (Lipinski definition) is 1. The molecule has 6 nitrogen and oxygen atoms in total. The molecule has 6 rings (SSSR count). The van der Waals surface area contributed by atoms with Crippen LogP contribution in [0, 0.1) is 0 Å². The summed E-state index contributed by atoms with van der Waals surface area (Å²) in [6, 6.07) is 11.9. The summed E-state index contributed by atoms with van der Waals surface area (Å²) < 4.78 is 2.09. The second-order valence-electron chi connectivity index (χ2n) is 10.0. The molecule has 1 N–H and O–H groups in total. The van der Waals surface area contributed by atoms with Crippen molar-refractivity contribution in [2.45, 2.75) is 76.3 Å². The molecule has 0 spiro atoms. The highest BCUT2D eigenvalue weighted by Gasteiger charge is 2.28. The first-order valence-corrected chi connectivity index (χ1v) is 13.9. The normalized spacial score (nSPS) is 21.6. The summed E-state index contributed by atoms with van der Waals surface area (Å²) in [6.07, 6.45) is 13.5.